The summed E-state index contributed by atoms with van der Waals surface area (Å²) in [5, 5.41) is 0.847. The fraction of sp³-hybridized carbons (Fsp3) is 0.455. The molecule has 0 saturated carbocycles. The first-order valence-corrected chi connectivity index (χ1v) is 11.3. The Hall–Kier alpha value is -2.74. The first-order valence-electron chi connectivity index (χ1n) is 10.4. The molecule has 1 aliphatic heterocycles. The molecule has 4 rings (SSSR count). The zero-order valence-corrected chi connectivity index (χ0v) is 18.5. The molecule has 2 aromatic heterocycles. The van der Waals surface area contributed by atoms with Gasteiger partial charge in [0, 0.05) is 25.3 Å². The number of benzene rings is 1. The Balaban J connectivity index is 1.59. The Kier molecular flexibility index (Phi) is 5.85. The van der Waals surface area contributed by atoms with Crippen LogP contribution in [0.25, 0.3) is 10.3 Å². The van der Waals surface area contributed by atoms with Crippen molar-refractivity contribution in [2.45, 2.75) is 40.2 Å². The van der Waals surface area contributed by atoms with E-state index in [1.165, 1.54) is 28.7 Å². The molecule has 0 spiro atoms. The normalized spacial score (nSPS) is 16.8. The Morgan fingerprint density at radius 3 is 2.93 bits per heavy atom. The third-order valence-corrected chi connectivity index (χ3v) is 6.63. The number of aryl methyl sites for hydroxylation is 1. The number of rotatable bonds is 5. The van der Waals surface area contributed by atoms with Crippen molar-refractivity contribution in [1.29, 1.82) is 0 Å². The number of likely N-dealkylation sites (N-methyl/N-ethyl adjacent to an activating group) is 1. The van der Waals surface area contributed by atoms with Gasteiger partial charge >= 0.3 is 0 Å². The highest BCUT2D eigenvalue weighted by Crippen LogP contribution is 2.29. The van der Waals surface area contributed by atoms with Crippen LogP contribution >= 0.6 is 11.3 Å². The molecule has 1 saturated heterocycles. The van der Waals surface area contributed by atoms with E-state index in [1.54, 1.807) is 4.90 Å². The molecule has 0 N–H and O–H groups in total. The minimum atomic E-state index is -0.206. The molecule has 0 aliphatic carbocycles. The van der Waals surface area contributed by atoms with Crippen molar-refractivity contribution in [3.8, 4) is 0 Å². The second kappa shape index (κ2) is 8.55. The molecule has 0 unspecified atom stereocenters. The van der Waals surface area contributed by atoms with Crippen molar-refractivity contribution < 1.29 is 4.79 Å². The summed E-state index contributed by atoms with van der Waals surface area (Å²) in [7, 11) is 0. The average molecular weight is 426 g/mol. The van der Waals surface area contributed by atoms with Crippen molar-refractivity contribution in [3.63, 3.8) is 0 Å². The highest BCUT2D eigenvalue weighted by molar-refractivity contribution is 7.22. The average Bonchev–Trinajstić information content (AvgIpc) is 3.16. The number of amides is 1. The van der Waals surface area contributed by atoms with Gasteiger partial charge in [0.2, 0.25) is 5.91 Å². The van der Waals surface area contributed by atoms with Gasteiger partial charge in [-0.1, -0.05) is 30.4 Å². The zero-order valence-electron chi connectivity index (χ0n) is 17.7. The van der Waals surface area contributed by atoms with Gasteiger partial charge in [-0.05, 0) is 50.3 Å². The number of nitrogens with zero attached hydrogens (tertiary/aromatic N) is 5. The number of aromatic nitrogens is 3. The Bertz CT molecular complexity index is 1120. The van der Waals surface area contributed by atoms with Crippen molar-refractivity contribution in [3.05, 3.63) is 46.5 Å². The lowest BCUT2D eigenvalue weighted by Gasteiger charge is -2.30. The maximum atomic E-state index is 13.0. The van der Waals surface area contributed by atoms with E-state index in [1.807, 2.05) is 38.1 Å². The predicted octanol–water partition coefficient (Wildman–Crippen LogP) is 3.45. The van der Waals surface area contributed by atoms with Crippen LogP contribution in [0.3, 0.4) is 0 Å². The van der Waals surface area contributed by atoms with Crippen LogP contribution < -0.4 is 15.4 Å². The molecule has 1 amide bonds. The van der Waals surface area contributed by atoms with Gasteiger partial charge in [0.05, 0.1) is 0 Å². The number of hydrogen-bond donors (Lipinski definition) is 0. The van der Waals surface area contributed by atoms with Gasteiger partial charge in [-0.15, -0.1) is 0 Å². The minimum absolute atomic E-state index is 0.0441. The number of anilines is 2. The quantitative estimate of drug-likeness (QED) is 0.626. The summed E-state index contributed by atoms with van der Waals surface area (Å²) in [6.07, 6.45) is 3.80. The number of fused-ring (bicyclic) bond motifs is 1. The maximum Gasteiger partial charge on any atom is 0.273 e. The molecule has 1 aromatic carbocycles. The van der Waals surface area contributed by atoms with Gasteiger partial charge in [-0.2, -0.15) is 4.98 Å². The Morgan fingerprint density at radius 1 is 1.37 bits per heavy atom. The van der Waals surface area contributed by atoms with Crippen molar-refractivity contribution in [2.24, 2.45) is 5.92 Å². The molecule has 1 aliphatic rings. The lowest BCUT2D eigenvalue weighted by atomic mass is 10.0. The van der Waals surface area contributed by atoms with Crippen molar-refractivity contribution in [1.82, 2.24) is 14.5 Å². The molecule has 3 aromatic rings. The molecule has 3 heterocycles. The van der Waals surface area contributed by atoms with Crippen LogP contribution in [0.4, 0.5) is 10.8 Å². The van der Waals surface area contributed by atoms with E-state index in [0.717, 1.165) is 35.9 Å². The van der Waals surface area contributed by atoms with Gasteiger partial charge < -0.3 is 9.80 Å². The van der Waals surface area contributed by atoms with Crippen molar-refractivity contribution in [2.75, 3.05) is 29.4 Å². The van der Waals surface area contributed by atoms with E-state index in [4.69, 9.17) is 0 Å². The van der Waals surface area contributed by atoms with E-state index >= 15 is 0 Å². The second-order valence-corrected chi connectivity index (χ2v) is 8.97. The summed E-state index contributed by atoms with van der Waals surface area (Å²) < 4.78 is 1.90. The fourth-order valence-corrected chi connectivity index (χ4v) is 4.98. The highest BCUT2D eigenvalue weighted by Gasteiger charge is 2.22. The molecule has 1 atom stereocenters. The van der Waals surface area contributed by atoms with Gasteiger partial charge in [0.15, 0.2) is 10.8 Å². The van der Waals surface area contributed by atoms with E-state index in [2.05, 4.69) is 21.8 Å². The number of carbonyl (C=O) groups is 1. The maximum absolute atomic E-state index is 13.0. The van der Waals surface area contributed by atoms with E-state index in [0.29, 0.717) is 22.8 Å². The van der Waals surface area contributed by atoms with Gasteiger partial charge in [-0.3, -0.25) is 14.2 Å². The van der Waals surface area contributed by atoms with Crippen LogP contribution in [0.1, 0.15) is 32.3 Å². The molecule has 8 heteroatoms. The van der Waals surface area contributed by atoms with Crippen LogP contribution in [-0.4, -0.2) is 40.1 Å². The number of piperidine rings is 1. The third kappa shape index (κ3) is 4.09. The molecule has 158 valence electrons. The predicted molar refractivity (Wildman–Crippen MR) is 121 cm³/mol. The molecule has 1 fully saturated rings. The lowest BCUT2D eigenvalue weighted by molar-refractivity contribution is -0.119. The summed E-state index contributed by atoms with van der Waals surface area (Å²) in [5.74, 6) is 0.482. The third-order valence-electron chi connectivity index (χ3n) is 5.54. The summed E-state index contributed by atoms with van der Waals surface area (Å²) in [6.45, 7) is 8.56. The van der Waals surface area contributed by atoms with Gasteiger partial charge in [0.25, 0.3) is 5.56 Å². The van der Waals surface area contributed by atoms with Crippen LogP contribution in [0, 0.1) is 12.8 Å². The van der Waals surface area contributed by atoms with Gasteiger partial charge in [0.1, 0.15) is 17.6 Å². The number of carbonyl (C=O) groups excluding carboxylic acids is 1. The molecular weight excluding hydrogens is 398 g/mol. The van der Waals surface area contributed by atoms with E-state index in [-0.39, 0.29) is 18.0 Å². The minimum Gasteiger partial charge on any atom is -0.348 e. The first kappa shape index (κ1) is 20.5. The summed E-state index contributed by atoms with van der Waals surface area (Å²) in [6, 6.07) is 7.81. The standard InChI is InChI=1S/C22H27N5O2S/c1-4-27(17-9-5-7-15(2)11-17)18(28)13-26-14-23-20-19(21(26)29)30-22(24-20)25-10-6-8-16(3)12-25/h5,7,9,11,14,16H,4,6,8,10,12-13H2,1-3H3/t16-/m1/s1. The van der Waals surface area contributed by atoms with Gasteiger partial charge in [-0.25, -0.2) is 4.98 Å². The SMILES string of the molecule is CCN(C(=O)Cn1cnc2nc(N3CCC[C@@H](C)C3)sc2c1=O)c1cccc(C)c1. The van der Waals surface area contributed by atoms with Crippen LogP contribution in [0.2, 0.25) is 0 Å². The first-order chi connectivity index (χ1) is 14.5. The number of thiazole rings is 1. The smallest absolute Gasteiger partial charge is 0.273 e. The lowest BCUT2D eigenvalue weighted by Crippen LogP contribution is -2.36. The second-order valence-electron chi connectivity index (χ2n) is 8.00. The molecular formula is C22H27N5O2S. The molecule has 7 nitrogen and oxygen atoms in total. The summed E-state index contributed by atoms with van der Waals surface area (Å²) >= 11 is 1.38. The molecule has 30 heavy (non-hydrogen) atoms. The zero-order chi connectivity index (χ0) is 21.3. The summed E-state index contributed by atoms with van der Waals surface area (Å²) in [4.78, 5) is 38.9. The Labute approximate surface area is 180 Å². The highest BCUT2D eigenvalue weighted by atomic mass is 32.1. The monoisotopic (exact) mass is 425 g/mol. The van der Waals surface area contributed by atoms with E-state index < -0.39 is 0 Å². The topological polar surface area (TPSA) is 71.3 Å². The van der Waals surface area contributed by atoms with Crippen molar-refractivity contribution >= 4 is 38.4 Å². The largest absolute Gasteiger partial charge is 0.348 e. The number of hydrogen-bond acceptors (Lipinski definition) is 6. The fourth-order valence-electron chi connectivity index (χ4n) is 3.98. The molecule has 0 bridgehead atoms. The molecule has 0 radical (unpaired) electrons. The van der Waals surface area contributed by atoms with Crippen LogP contribution in [0.5, 0.6) is 0 Å². The van der Waals surface area contributed by atoms with Crippen LogP contribution in [0.15, 0.2) is 35.4 Å². The summed E-state index contributed by atoms with van der Waals surface area (Å²) in [5.41, 5.74) is 2.18. The Morgan fingerprint density at radius 2 is 2.20 bits per heavy atom. The van der Waals surface area contributed by atoms with E-state index in [9.17, 15) is 9.59 Å². The van der Waals surface area contributed by atoms with Crippen LogP contribution in [-0.2, 0) is 11.3 Å².